The molecule has 3 N–H and O–H groups in total. The molecule has 2 aromatic rings. The number of halogens is 1. The van der Waals surface area contributed by atoms with Crippen LogP contribution in [0.5, 0.6) is 0 Å². The van der Waals surface area contributed by atoms with Crippen molar-refractivity contribution in [1.82, 2.24) is 0 Å². The Morgan fingerprint density at radius 3 is 2.30 bits per heavy atom. The molecule has 2 unspecified atom stereocenters. The van der Waals surface area contributed by atoms with Crippen LogP contribution in [0.15, 0.2) is 53.4 Å². The highest BCUT2D eigenvalue weighted by molar-refractivity contribution is 7.98. The zero-order chi connectivity index (χ0) is 14.5. The fourth-order valence-corrected chi connectivity index (χ4v) is 2.97. The fraction of sp³-hybridized carbons (Fsp3) is 0.250. The predicted octanol–water partition coefficient (Wildman–Crippen LogP) is 3.32. The Bertz CT molecular complexity index is 576. The van der Waals surface area contributed by atoms with Gasteiger partial charge in [0.05, 0.1) is 6.10 Å². The first kappa shape index (κ1) is 15.0. The van der Waals surface area contributed by atoms with Crippen LogP contribution in [0.2, 0.25) is 0 Å². The van der Waals surface area contributed by atoms with Gasteiger partial charge in [-0.25, -0.2) is 4.39 Å². The van der Waals surface area contributed by atoms with Gasteiger partial charge in [0, 0.05) is 17.4 Å². The molecule has 2 nitrogen and oxygen atoms in total. The first-order valence-corrected chi connectivity index (χ1v) is 7.67. The van der Waals surface area contributed by atoms with Gasteiger partial charge in [-0.3, -0.25) is 0 Å². The molecule has 0 spiro atoms. The summed E-state index contributed by atoms with van der Waals surface area (Å²) in [7, 11) is 0. The third-order valence-electron chi connectivity index (χ3n) is 3.40. The summed E-state index contributed by atoms with van der Waals surface area (Å²) in [5.41, 5.74) is 7.02. The molecule has 20 heavy (non-hydrogen) atoms. The van der Waals surface area contributed by atoms with Gasteiger partial charge in [0.25, 0.3) is 0 Å². The molecule has 0 heterocycles. The van der Waals surface area contributed by atoms with E-state index in [0.29, 0.717) is 5.56 Å². The van der Waals surface area contributed by atoms with Crippen molar-refractivity contribution in [2.45, 2.75) is 16.9 Å². The second kappa shape index (κ2) is 6.88. The summed E-state index contributed by atoms with van der Waals surface area (Å²) < 4.78 is 13.9. The zero-order valence-electron chi connectivity index (χ0n) is 11.3. The number of thioether (sulfide) groups is 1. The molecule has 4 heteroatoms. The van der Waals surface area contributed by atoms with Crippen LogP contribution < -0.4 is 5.73 Å². The van der Waals surface area contributed by atoms with E-state index >= 15 is 0 Å². The molecule has 0 saturated heterocycles. The Morgan fingerprint density at radius 2 is 1.70 bits per heavy atom. The average molecular weight is 291 g/mol. The van der Waals surface area contributed by atoms with Crippen molar-refractivity contribution in [3.63, 3.8) is 0 Å². The van der Waals surface area contributed by atoms with Gasteiger partial charge in [-0.05, 0) is 29.5 Å². The monoisotopic (exact) mass is 291 g/mol. The van der Waals surface area contributed by atoms with Crippen molar-refractivity contribution in [3.05, 3.63) is 65.5 Å². The molecule has 2 aromatic carbocycles. The Hall–Kier alpha value is -1.36. The lowest BCUT2D eigenvalue weighted by molar-refractivity contribution is 0.143. The highest BCUT2D eigenvalue weighted by Gasteiger charge is 2.25. The molecule has 2 atom stereocenters. The van der Waals surface area contributed by atoms with Gasteiger partial charge in [0.15, 0.2) is 0 Å². The van der Waals surface area contributed by atoms with E-state index in [0.717, 1.165) is 10.5 Å². The molecule has 2 rings (SSSR count). The van der Waals surface area contributed by atoms with Gasteiger partial charge in [0.1, 0.15) is 5.82 Å². The minimum absolute atomic E-state index is 0.185. The molecular weight excluding hydrogens is 273 g/mol. The number of hydrogen-bond donors (Lipinski definition) is 2. The molecule has 0 aliphatic carbocycles. The standard InChI is InChI=1S/C16H18FNOS/c1-20-15-9-5-3-7-12(15)16(19)13(10-18)11-6-2-4-8-14(11)17/h2-9,13,16,19H,10,18H2,1H3. The van der Waals surface area contributed by atoms with Gasteiger partial charge < -0.3 is 10.8 Å². The summed E-state index contributed by atoms with van der Waals surface area (Å²) in [4.78, 5) is 0.981. The summed E-state index contributed by atoms with van der Waals surface area (Å²) in [6, 6.07) is 14.1. The maximum Gasteiger partial charge on any atom is 0.126 e. The molecule has 0 aliphatic rings. The predicted molar refractivity (Wildman–Crippen MR) is 81.4 cm³/mol. The van der Waals surface area contributed by atoms with E-state index in [1.807, 2.05) is 30.5 Å². The van der Waals surface area contributed by atoms with Crippen LogP contribution in [-0.4, -0.2) is 17.9 Å². The Labute approximate surface area is 122 Å². The highest BCUT2D eigenvalue weighted by atomic mass is 32.2. The van der Waals surface area contributed by atoms with Gasteiger partial charge in [-0.15, -0.1) is 11.8 Å². The Kier molecular flexibility index (Phi) is 5.17. The fourth-order valence-electron chi connectivity index (χ4n) is 2.33. The average Bonchev–Trinajstić information content (AvgIpc) is 2.49. The molecule has 0 bridgehead atoms. The van der Waals surface area contributed by atoms with Crippen molar-refractivity contribution in [2.24, 2.45) is 5.73 Å². The smallest absolute Gasteiger partial charge is 0.126 e. The summed E-state index contributed by atoms with van der Waals surface area (Å²) in [6.07, 6.45) is 1.13. The van der Waals surface area contributed by atoms with Crippen molar-refractivity contribution in [3.8, 4) is 0 Å². The SMILES string of the molecule is CSc1ccccc1C(O)C(CN)c1ccccc1F. The molecule has 0 amide bonds. The maximum atomic E-state index is 13.9. The minimum Gasteiger partial charge on any atom is -0.388 e. The first-order valence-electron chi connectivity index (χ1n) is 6.44. The van der Waals surface area contributed by atoms with E-state index in [-0.39, 0.29) is 12.4 Å². The minimum atomic E-state index is -0.819. The number of benzene rings is 2. The number of aliphatic hydroxyl groups is 1. The van der Waals surface area contributed by atoms with Crippen LogP contribution >= 0.6 is 11.8 Å². The second-order valence-corrected chi connectivity index (χ2v) is 5.40. The van der Waals surface area contributed by atoms with E-state index in [1.54, 1.807) is 30.0 Å². The first-order chi connectivity index (χ1) is 9.69. The second-order valence-electron chi connectivity index (χ2n) is 4.55. The van der Waals surface area contributed by atoms with E-state index in [1.165, 1.54) is 6.07 Å². The quantitative estimate of drug-likeness (QED) is 0.831. The molecule has 0 saturated carbocycles. The number of hydrogen-bond acceptors (Lipinski definition) is 3. The van der Waals surface area contributed by atoms with Crippen LogP contribution in [0.25, 0.3) is 0 Å². The topological polar surface area (TPSA) is 46.2 Å². The van der Waals surface area contributed by atoms with Crippen molar-refractivity contribution >= 4 is 11.8 Å². The van der Waals surface area contributed by atoms with Crippen LogP contribution in [0, 0.1) is 5.82 Å². The third-order valence-corrected chi connectivity index (χ3v) is 4.21. The summed E-state index contributed by atoms with van der Waals surface area (Å²) in [5.74, 6) is -0.784. The largest absolute Gasteiger partial charge is 0.388 e. The maximum absolute atomic E-state index is 13.9. The van der Waals surface area contributed by atoms with E-state index in [9.17, 15) is 9.50 Å². The molecular formula is C16H18FNOS. The highest BCUT2D eigenvalue weighted by Crippen LogP contribution is 2.35. The number of aliphatic hydroxyl groups excluding tert-OH is 1. The summed E-state index contributed by atoms with van der Waals surface area (Å²) in [6.45, 7) is 0.185. The van der Waals surface area contributed by atoms with Gasteiger partial charge in [-0.2, -0.15) is 0 Å². The molecule has 0 aromatic heterocycles. The number of nitrogens with two attached hydrogens (primary N) is 1. The van der Waals surface area contributed by atoms with E-state index in [4.69, 9.17) is 5.73 Å². The summed E-state index contributed by atoms with van der Waals surface area (Å²) in [5, 5.41) is 10.6. The molecule has 106 valence electrons. The van der Waals surface area contributed by atoms with Crippen LogP contribution in [0.3, 0.4) is 0 Å². The van der Waals surface area contributed by atoms with Gasteiger partial charge >= 0.3 is 0 Å². The lowest BCUT2D eigenvalue weighted by Crippen LogP contribution is -2.21. The van der Waals surface area contributed by atoms with Crippen LogP contribution in [0.4, 0.5) is 4.39 Å². The summed E-state index contributed by atoms with van der Waals surface area (Å²) >= 11 is 1.56. The Morgan fingerprint density at radius 1 is 1.10 bits per heavy atom. The van der Waals surface area contributed by atoms with E-state index < -0.39 is 12.0 Å². The lowest BCUT2D eigenvalue weighted by Gasteiger charge is -2.24. The van der Waals surface area contributed by atoms with Crippen molar-refractivity contribution in [2.75, 3.05) is 12.8 Å². The molecule has 0 fully saturated rings. The van der Waals surface area contributed by atoms with Crippen LogP contribution in [-0.2, 0) is 0 Å². The normalized spacial score (nSPS) is 14.0. The third kappa shape index (κ3) is 3.03. The number of rotatable bonds is 5. The van der Waals surface area contributed by atoms with Gasteiger partial charge in [0.2, 0.25) is 0 Å². The van der Waals surface area contributed by atoms with Crippen molar-refractivity contribution in [1.29, 1.82) is 0 Å². The van der Waals surface area contributed by atoms with E-state index in [2.05, 4.69) is 0 Å². The molecule has 0 aliphatic heterocycles. The van der Waals surface area contributed by atoms with Crippen LogP contribution in [0.1, 0.15) is 23.1 Å². The zero-order valence-corrected chi connectivity index (χ0v) is 12.1. The van der Waals surface area contributed by atoms with Crippen molar-refractivity contribution < 1.29 is 9.50 Å². The molecule has 0 radical (unpaired) electrons. The Balaban J connectivity index is 2.39. The van der Waals surface area contributed by atoms with Gasteiger partial charge in [-0.1, -0.05) is 36.4 Å². The lowest BCUT2D eigenvalue weighted by atomic mass is 9.89.